The lowest BCUT2D eigenvalue weighted by atomic mass is 9.92. The van der Waals surface area contributed by atoms with Gasteiger partial charge in [0.2, 0.25) is 0 Å². The molecule has 0 bridgehead atoms. The van der Waals surface area contributed by atoms with E-state index in [-0.39, 0.29) is 0 Å². The SMILES string of the molecule is CCCCOCCNCCN1CCC(CCC)CC1. The summed E-state index contributed by atoms with van der Waals surface area (Å²) in [5.74, 6) is 1.00. The van der Waals surface area contributed by atoms with Crippen molar-refractivity contribution in [3.63, 3.8) is 0 Å². The highest BCUT2D eigenvalue weighted by atomic mass is 16.5. The van der Waals surface area contributed by atoms with Gasteiger partial charge in [-0.3, -0.25) is 0 Å². The Hall–Kier alpha value is -0.120. The average molecular weight is 270 g/mol. The normalized spacial score (nSPS) is 18.0. The number of rotatable bonds is 11. The van der Waals surface area contributed by atoms with E-state index >= 15 is 0 Å². The van der Waals surface area contributed by atoms with Crippen LogP contribution < -0.4 is 5.32 Å². The molecule has 1 aliphatic rings. The Bertz CT molecular complexity index is 191. The molecule has 19 heavy (non-hydrogen) atoms. The van der Waals surface area contributed by atoms with Crippen molar-refractivity contribution < 1.29 is 4.74 Å². The smallest absolute Gasteiger partial charge is 0.0590 e. The van der Waals surface area contributed by atoms with Crippen LogP contribution >= 0.6 is 0 Å². The highest BCUT2D eigenvalue weighted by Gasteiger charge is 2.17. The first-order valence-electron chi connectivity index (χ1n) is 8.37. The summed E-state index contributed by atoms with van der Waals surface area (Å²) in [6, 6.07) is 0. The van der Waals surface area contributed by atoms with Crippen molar-refractivity contribution in [3.8, 4) is 0 Å². The molecule has 0 amide bonds. The summed E-state index contributed by atoms with van der Waals surface area (Å²) in [6.07, 6.45) is 8.02. The molecule has 0 atom stereocenters. The second kappa shape index (κ2) is 11.7. The van der Waals surface area contributed by atoms with Crippen LogP contribution in [0.2, 0.25) is 0 Å². The van der Waals surface area contributed by atoms with E-state index in [9.17, 15) is 0 Å². The summed E-state index contributed by atoms with van der Waals surface area (Å²) in [7, 11) is 0. The first kappa shape index (κ1) is 16.9. The van der Waals surface area contributed by atoms with Gasteiger partial charge < -0.3 is 15.0 Å². The van der Waals surface area contributed by atoms with Gasteiger partial charge in [-0.25, -0.2) is 0 Å². The molecule has 1 fully saturated rings. The van der Waals surface area contributed by atoms with E-state index in [4.69, 9.17) is 4.74 Å². The number of likely N-dealkylation sites (tertiary alicyclic amines) is 1. The molecule has 0 aliphatic carbocycles. The molecule has 0 aromatic carbocycles. The Morgan fingerprint density at radius 3 is 2.53 bits per heavy atom. The van der Waals surface area contributed by atoms with Crippen LogP contribution in [0, 0.1) is 5.92 Å². The van der Waals surface area contributed by atoms with Crippen molar-refractivity contribution in [1.29, 1.82) is 0 Å². The molecule has 1 rings (SSSR count). The lowest BCUT2D eigenvalue weighted by Gasteiger charge is -2.31. The maximum atomic E-state index is 5.53. The fraction of sp³-hybridized carbons (Fsp3) is 1.00. The summed E-state index contributed by atoms with van der Waals surface area (Å²) < 4.78 is 5.53. The number of nitrogens with zero attached hydrogens (tertiary/aromatic N) is 1. The van der Waals surface area contributed by atoms with Crippen LogP contribution in [0.5, 0.6) is 0 Å². The van der Waals surface area contributed by atoms with Gasteiger partial charge in [0.05, 0.1) is 6.61 Å². The van der Waals surface area contributed by atoms with E-state index in [1.54, 1.807) is 0 Å². The minimum atomic E-state index is 0.860. The summed E-state index contributed by atoms with van der Waals surface area (Å²) >= 11 is 0. The van der Waals surface area contributed by atoms with Gasteiger partial charge in [-0.2, -0.15) is 0 Å². The second-order valence-electron chi connectivity index (χ2n) is 5.79. The number of piperidine rings is 1. The van der Waals surface area contributed by atoms with Gasteiger partial charge in [-0.1, -0.05) is 33.1 Å². The average Bonchev–Trinajstić information content (AvgIpc) is 2.44. The Balaban J connectivity index is 1.85. The fourth-order valence-corrected chi connectivity index (χ4v) is 2.76. The molecular weight excluding hydrogens is 236 g/mol. The zero-order valence-electron chi connectivity index (χ0n) is 13.1. The van der Waals surface area contributed by atoms with Gasteiger partial charge in [0.1, 0.15) is 0 Å². The number of hydrogen-bond donors (Lipinski definition) is 1. The number of hydrogen-bond acceptors (Lipinski definition) is 3. The zero-order valence-corrected chi connectivity index (χ0v) is 13.1. The standard InChI is InChI=1S/C16H34N2O/c1-3-5-14-19-15-10-17-9-13-18-11-7-16(6-4-2)8-12-18/h16-17H,3-15H2,1-2H3. The molecular formula is C16H34N2O. The molecule has 114 valence electrons. The predicted octanol–water partition coefficient (Wildman–Crippen LogP) is 2.90. The van der Waals surface area contributed by atoms with Crippen LogP contribution in [0.3, 0.4) is 0 Å². The van der Waals surface area contributed by atoms with Crippen LogP contribution in [0.4, 0.5) is 0 Å². The van der Waals surface area contributed by atoms with Gasteiger partial charge in [-0.05, 0) is 38.3 Å². The topological polar surface area (TPSA) is 24.5 Å². The number of nitrogens with one attached hydrogen (secondary N) is 1. The van der Waals surface area contributed by atoms with E-state index in [1.807, 2.05) is 0 Å². The van der Waals surface area contributed by atoms with E-state index in [2.05, 4.69) is 24.1 Å². The zero-order chi connectivity index (χ0) is 13.8. The first-order valence-corrected chi connectivity index (χ1v) is 8.37. The molecule has 0 radical (unpaired) electrons. The summed E-state index contributed by atoms with van der Waals surface area (Å²) in [6.45, 7) is 12.2. The Morgan fingerprint density at radius 2 is 1.84 bits per heavy atom. The maximum Gasteiger partial charge on any atom is 0.0590 e. The predicted molar refractivity (Wildman–Crippen MR) is 82.7 cm³/mol. The van der Waals surface area contributed by atoms with Crippen molar-refractivity contribution in [2.75, 3.05) is 45.9 Å². The molecule has 1 N–H and O–H groups in total. The third-order valence-corrected chi connectivity index (χ3v) is 4.07. The minimum absolute atomic E-state index is 0.860. The van der Waals surface area contributed by atoms with E-state index < -0.39 is 0 Å². The highest BCUT2D eigenvalue weighted by molar-refractivity contribution is 4.72. The van der Waals surface area contributed by atoms with Crippen LogP contribution in [-0.4, -0.2) is 50.8 Å². The Labute approximate surface area is 120 Å². The third kappa shape index (κ3) is 8.61. The van der Waals surface area contributed by atoms with Crippen molar-refractivity contribution in [1.82, 2.24) is 10.2 Å². The summed E-state index contributed by atoms with van der Waals surface area (Å²) in [5, 5.41) is 3.48. The minimum Gasteiger partial charge on any atom is -0.380 e. The van der Waals surface area contributed by atoms with Gasteiger partial charge in [0.15, 0.2) is 0 Å². The van der Waals surface area contributed by atoms with Crippen molar-refractivity contribution in [2.45, 2.75) is 52.4 Å². The van der Waals surface area contributed by atoms with E-state index in [1.165, 1.54) is 58.2 Å². The Kier molecular flexibility index (Phi) is 10.4. The summed E-state index contributed by atoms with van der Waals surface area (Å²) in [4.78, 5) is 2.61. The molecule has 3 heteroatoms. The van der Waals surface area contributed by atoms with Crippen molar-refractivity contribution in [3.05, 3.63) is 0 Å². The number of unbranched alkanes of at least 4 members (excludes halogenated alkanes) is 1. The molecule has 1 heterocycles. The second-order valence-corrected chi connectivity index (χ2v) is 5.79. The van der Waals surface area contributed by atoms with E-state index in [0.29, 0.717) is 0 Å². The number of ether oxygens (including phenoxy) is 1. The molecule has 1 saturated heterocycles. The van der Waals surface area contributed by atoms with Crippen LogP contribution in [-0.2, 0) is 4.74 Å². The Morgan fingerprint density at radius 1 is 1.05 bits per heavy atom. The van der Waals surface area contributed by atoms with E-state index in [0.717, 1.165) is 32.2 Å². The molecule has 0 spiro atoms. The summed E-state index contributed by atoms with van der Waals surface area (Å²) in [5.41, 5.74) is 0. The molecule has 1 aliphatic heterocycles. The highest BCUT2D eigenvalue weighted by Crippen LogP contribution is 2.21. The van der Waals surface area contributed by atoms with Crippen LogP contribution in [0.25, 0.3) is 0 Å². The quantitative estimate of drug-likeness (QED) is 0.584. The molecule has 0 aromatic rings. The molecule has 3 nitrogen and oxygen atoms in total. The van der Waals surface area contributed by atoms with Gasteiger partial charge in [0.25, 0.3) is 0 Å². The van der Waals surface area contributed by atoms with Crippen molar-refractivity contribution in [2.24, 2.45) is 5.92 Å². The van der Waals surface area contributed by atoms with Crippen LogP contribution in [0.1, 0.15) is 52.4 Å². The largest absolute Gasteiger partial charge is 0.380 e. The maximum absolute atomic E-state index is 5.53. The molecule has 0 aromatic heterocycles. The lowest BCUT2D eigenvalue weighted by Crippen LogP contribution is -2.38. The van der Waals surface area contributed by atoms with Gasteiger partial charge in [-0.15, -0.1) is 0 Å². The first-order chi connectivity index (χ1) is 9.36. The third-order valence-electron chi connectivity index (χ3n) is 4.07. The van der Waals surface area contributed by atoms with Crippen LogP contribution in [0.15, 0.2) is 0 Å². The molecule has 0 saturated carbocycles. The van der Waals surface area contributed by atoms with Crippen molar-refractivity contribution >= 4 is 0 Å². The lowest BCUT2D eigenvalue weighted by molar-refractivity contribution is 0.131. The molecule has 0 unspecified atom stereocenters. The fourth-order valence-electron chi connectivity index (χ4n) is 2.76. The monoisotopic (exact) mass is 270 g/mol. The van der Waals surface area contributed by atoms with Gasteiger partial charge in [0, 0.05) is 26.2 Å². The van der Waals surface area contributed by atoms with Gasteiger partial charge >= 0.3 is 0 Å².